The van der Waals surface area contributed by atoms with Gasteiger partial charge in [-0.15, -0.1) is 0 Å². The fraction of sp³-hybridized carbons (Fsp3) is 0.263. The number of carbonyl (C=O) groups is 1. The zero-order chi connectivity index (χ0) is 17.8. The number of thiazole rings is 1. The number of hydrogen-bond acceptors (Lipinski definition) is 4. The standard InChI is InChI=1S/C19H20N2O3S/c1-4-21-16-9-8-15(24-3)12-17(16)25-19(21)20-18(22)11-13-6-5-7-14(10-13)23-2/h5-10,12H,4,11H2,1-3H3. The van der Waals surface area contributed by atoms with Crippen LogP contribution in [0, 0.1) is 0 Å². The zero-order valence-electron chi connectivity index (χ0n) is 14.5. The lowest BCUT2D eigenvalue weighted by Crippen LogP contribution is -2.16. The van der Waals surface area contributed by atoms with Crippen molar-refractivity contribution < 1.29 is 14.3 Å². The Kier molecular flexibility index (Phi) is 5.19. The number of nitrogens with zero attached hydrogens (tertiary/aromatic N) is 2. The van der Waals surface area contributed by atoms with Gasteiger partial charge >= 0.3 is 0 Å². The number of fused-ring (bicyclic) bond motifs is 1. The SMILES string of the molecule is CCn1c(=NC(=O)Cc2cccc(OC)c2)sc2cc(OC)ccc21. The Morgan fingerprint density at radius 3 is 2.60 bits per heavy atom. The number of aromatic nitrogens is 1. The average molecular weight is 356 g/mol. The third-order valence-electron chi connectivity index (χ3n) is 3.92. The van der Waals surface area contributed by atoms with E-state index in [-0.39, 0.29) is 12.3 Å². The molecule has 25 heavy (non-hydrogen) atoms. The normalized spacial score (nSPS) is 11.7. The predicted octanol–water partition coefficient (Wildman–Crippen LogP) is 3.41. The van der Waals surface area contributed by atoms with Gasteiger partial charge in [0.2, 0.25) is 0 Å². The molecule has 0 N–H and O–H groups in total. The van der Waals surface area contributed by atoms with Gasteiger partial charge in [-0.3, -0.25) is 4.79 Å². The molecule has 0 atom stereocenters. The van der Waals surface area contributed by atoms with E-state index >= 15 is 0 Å². The van der Waals surface area contributed by atoms with E-state index in [1.54, 1.807) is 14.2 Å². The van der Waals surface area contributed by atoms with Gasteiger partial charge in [0.05, 0.1) is 30.9 Å². The Labute approximate surface area is 150 Å². The number of aryl methyl sites for hydroxylation is 1. The van der Waals surface area contributed by atoms with E-state index in [0.717, 1.165) is 33.8 Å². The second-order valence-corrected chi connectivity index (χ2v) is 6.51. The molecule has 0 aliphatic rings. The summed E-state index contributed by atoms with van der Waals surface area (Å²) in [7, 11) is 3.26. The Morgan fingerprint density at radius 1 is 1.12 bits per heavy atom. The molecule has 130 valence electrons. The minimum Gasteiger partial charge on any atom is -0.497 e. The van der Waals surface area contributed by atoms with Crippen molar-refractivity contribution >= 4 is 27.5 Å². The minimum atomic E-state index is -0.172. The van der Waals surface area contributed by atoms with Crippen LogP contribution in [0.1, 0.15) is 12.5 Å². The molecule has 0 aliphatic carbocycles. The summed E-state index contributed by atoms with van der Waals surface area (Å²) >= 11 is 1.50. The lowest BCUT2D eigenvalue weighted by Gasteiger charge is -2.03. The molecule has 0 aliphatic heterocycles. The summed E-state index contributed by atoms with van der Waals surface area (Å²) in [6.07, 6.45) is 0.248. The van der Waals surface area contributed by atoms with Gasteiger partial charge in [-0.25, -0.2) is 0 Å². The van der Waals surface area contributed by atoms with E-state index in [1.165, 1.54) is 11.3 Å². The molecule has 0 radical (unpaired) electrons. The fourth-order valence-electron chi connectivity index (χ4n) is 2.67. The number of benzene rings is 2. The quantitative estimate of drug-likeness (QED) is 0.704. The molecule has 1 aromatic heterocycles. The van der Waals surface area contributed by atoms with Crippen LogP contribution in [0.2, 0.25) is 0 Å². The Balaban J connectivity index is 1.95. The molecule has 2 aromatic carbocycles. The number of carbonyl (C=O) groups excluding carboxylic acids is 1. The van der Waals surface area contributed by atoms with Crippen molar-refractivity contribution in [3.05, 3.63) is 52.8 Å². The van der Waals surface area contributed by atoms with Crippen molar-refractivity contribution in [1.82, 2.24) is 4.57 Å². The van der Waals surface area contributed by atoms with Crippen LogP contribution >= 0.6 is 11.3 Å². The average Bonchev–Trinajstić information content (AvgIpc) is 2.97. The number of rotatable bonds is 5. The van der Waals surface area contributed by atoms with E-state index in [0.29, 0.717) is 4.80 Å². The molecule has 3 aromatic rings. The van der Waals surface area contributed by atoms with Gasteiger partial charge in [0, 0.05) is 6.54 Å². The Morgan fingerprint density at radius 2 is 1.88 bits per heavy atom. The van der Waals surface area contributed by atoms with Crippen LogP contribution in [0.15, 0.2) is 47.5 Å². The van der Waals surface area contributed by atoms with E-state index < -0.39 is 0 Å². The lowest BCUT2D eigenvalue weighted by molar-refractivity contribution is -0.117. The maximum absolute atomic E-state index is 12.4. The molecule has 1 heterocycles. The number of methoxy groups -OCH3 is 2. The van der Waals surface area contributed by atoms with Gasteiger partial charge in [0.15, 0.2) is 4.80 Å². The number of amides is 1. The van der Waals surface area contributed by atoms with Crippen molar-refractivity contribution in [3.63, 3.8) is 0 Å². The maximum atomic E-state index is 12.4. The summed E-state index contributed by atoms with van der Waals surface area (Å²) in [6, 6.07) is 13.4. The first-order valence-corrected chi connectivity index (χ1v) is 8.84. The molecule has 5 nitrogen and oxygen atoms in total. The largest absolute Gasteiger partial charge is 0.497 e. The molecular weight excluding hydrogens is 336 g/mol. The third kappa shape index (κ3) is 3.74. The molecule has 0 spiro atoms. The van der Waals surface area contributed by atoms with Gasteiger partial charge in [0.25, 0.3) is 5.91 Å². The van der Waals surface area contributed by atoms with E-state index in [1.807, 2.05) is 54.0 Å². The molecule has 0 saturated carbocycles. The Bertz CT molecular complexity index is 972. The van der Waals surface area contributed by atoms with Crippen molar-refractivity contribution in [3.8, 4) is 11.5 Å². The second-order valence-electron chi connectivity index (χ2n) is 5.50. The highest BCUT2D eigenvalue weighted by atomic mass is 32.1. The van der Waals surface area contributed by atoms with Gasteiger partial charge < -0.3 is 14.0 Å². The lowest BCUT2D eigenvalue weighted by atomic mass is 10.1. The van der Waals surface area contributed by atoms with Crippen LogP contribution < -0.4 is 14.3 Å². The highest BCUT2D eigenvalue weighted by Crippen LogP contribution is 2.23. The topological polar surface area (TPSA) is 52.8 Å². The smallest absolute Gasteiger partial charge is 0.252 e. The van der Waals surface area contributed by atoms with Crippen molar-refractivity contribution in [1.29, 1.82) is 0 Å². The molecule has 0 unspecified atom stereocenters. The summed E-state index contributed by atoms with van der Waals surface area (Å²) in [5, 5.41) is 0. The summed E-state index contributed by atoms with van der Waals surface area (Å²) in [4.78, 5) is 17.5. The molecule has 3 rings (SSSR count). The first-order chi connectivity index (χ1) is 12.1. The van der Waals surface area contributed by atoms with Crippen LogP contribution in [0.5, 0.6) is 11.5 Å². The van der Waals surface area contributed by atoms with Crippen molar-refractivity contribution in [2.24, 2.45) is 4.99 Å². The van der Waals surface area contributed by atoms with Crippen LogP contribution in [0.3, 0.4) is 0 Å². The monoisotopic (exact) mass is 356 g/mol. The molecule has 0 fully saturated rings. The molecule has 1 amide bonds. The maximum Gasteiger partial charge on any atom is 0.252 e. The molecule has 6 heteroatoms. The number of ether oxygens (including phenoxy) is 2. The predicted molar refractivity (Wildman–Crippen MR) is 99.3 cm³/mol. The first kappa shape index (κ1) is 17.2. The molecule has 0 saturated heterocycles. The van der Waals surface area contributed by atoms with Crippen molar-refractivity contribution in [2.45, 2.75) is 19.9 Å². The summed E-state index contributed by atoms with van der Waals surface area (Å²) < 4.78 is 13.6. The zero-order valence-corrected chi connectivity index (χ0v) is 15.3. The summed E-state index contributed by atoms with van der Waals surface area (Å²) in [5.41, 5.74) is 1.94. The highest BCUT2D eigenvalue weighted by Gasteiger charge is 2.09. The minimum absolute atomic E-state index is 0.172. The fourth-order valence-corrected chi connectivity index (χ4v) is 3.81. The van der Waals surface area contributed by atoms with Crippen molar-refractivity contribution in [2.75, 3.05) is 14.2 Å². The first-order valence-electron chi connectivity index (χ1n) is 8.02. The molecular formula is C19H20N2O3S. The van der Waals surface area contributed by atoms with Gasteiger partial charge in [0.1, 0.15) is 11.5 Å². The van der Waals surface area contributed by atoms with Gasteiger partial charge in [-0.05, 0) is 42.8 Å². The van der Waals surface area contributed by atoms with Gasteiger partial charge in [-0.2, -0.15) is 4.99 Å². The summed E-state index contributed by atoms with van der Waals surface area (Å²) in [6.45, 7) is 2.79. The van der Waals surface area contributed by atoms with Crippen LogP contribution in [0.25, 0.3) is 10.2 Å². The van der Waals surface area contributed by atoms with Crippen LogP contribution in [-0.2, 0) is 17.8 Å². The van der Waals surface area contributed by atoms with Gasteiger partial charge in [-0.1, -0.05) is 23.5 Å². The second kappa shape index (κ2) is 7.53. The highest BCUT2D eigenvalue weighted by molar-refractivity contribution is 7.16. The third-order valence-corrected chi connectivity index (χ3v) is 4.96. The number of hydrogen-bond donors (Lipinski definition) is 0. The Hall–Kier alpha value is -2.60. The van der Waals surface area contributed by atoms with E-state index in [9.17, 15) is 4.79 Å². The molecule has 0 bridgehead atoms. The summed E-state index contributed by atoms with van der Waals surface area (Å²) in [5.74, 6) is 1.36. The van der Waals surface area contributed by atoms with Crippen LogP contribution in [-0.4, -0.2) is 24.7 Å². The van der Waals surface area contributed by atoms with Crippen LogP contribution in [0.4, 0.5) is 0 Å². The van der Waals surface area contributed by atoms with E-state index in [4.69, 9.17) is 9.47 Å². The van der Waals surface area contributed by atoms with E-state index in [2.05, 4.69) is 4.99 Å².